The van der Waals surface area contributed by atoms with Crippen LogP contribution in [0.5, 0.6) is 5.75 Å². The van der Waals surface area contributed by atoms with Gasteiger partial charge in [0.2, 0.25) is 5.91 Å². The van der Waals surface area contributed by atoms with E-state index in [0.717, 1.165) is 17.1 Å². The average molecular weight is 367 g/mol. The number of methoxy groups -OCH3 is 1. The number of nitrogens with zero attached hydrogens (tertiary/aromatic N) is 1. The van der Waals surface area contributed by atoms with Crippen LogP contribution in [0, 0.1) is 0 Å². The number of nitrogens with one attached hydrogen (secondary N) is 2. The summed E-state index contributed by atoms with van der Waals surface area (Å²) in [6, 6.07) is 14.6. The number of ether oxygens (including phenoxy) is 1. The lowest BCUT2D eigenvalue weighted by molar-refractivity contribution is -0.117. The number of rotatable bonds is 5. The number of anilines is 2. The second-order valence-electron chi connectivity index (χ2n) is 6.98. The Bertz CT molecular complexity index is 800. The van der Waals surface area contributed by atoms with E-state index in [1.165, 1.54) is 5.56 Å². The summed E-state index contributed by atoms with van der Waals surface area (Å²) in [5.74, 6) is 1.18. The van der Waals surface area contributed by atoms with Crippen molar-refractivity contribution in [3.05, 3.63) is 54.1 Å². The van der Waals surface area contributed by atoms with Gasteiger partial charge in [-0.1, -0.05) is 26.0 Å². The number of carbonyl (C=O) groups is 2. The fraction of sp³-hybridized carbons (Fsp3) is 0.333. The summed E-state index contributed by atoms with van der Waals surface area (Å²) in [5.41, 5.74) is 2.75. The maximum absolute atomic E-state index is 12.3. The topological polar surface area (TPSA) is 70.7 Å². The maximum Gasteiger partial charge on any atom is 0.319 e. The van der Waals surface area contributed by atoms with E-state index in [-0.39, 0.29) is 24.4 Å². The minimum absolute atomic E-state index is 0.00764. The largest absolute Gasteiger partial charge is 0.497 e. The van der Waals surface area contributed by atoms with E-state index in [4.69, 9.17) is 4.74 Å². The predicted octanol–water partition coefficient (Wildman–Crippen LogP) is 3.75. The third kappa shape index (κ3) is 4.58. The van der Waals surface area contributed by atoms with Gasteiger partial charge in [-0.3, -0.25) is 4.79 Å². The van der Waals surface area contributed by atoms with Gasteiger partial charge in [0.1, 0.15) is 5.75 Å². The lowest BCUT2D eigenvalue weighted by Crippen LogP contribution is -2.39. The molecule has 0 unspecified atom stereocenters. The van der Waals surface area contributed by atoms with Gasteiger partial charge in [-0.15, -0.1) is 0 Å². The molecule has 2 N–H and O–H groups in total. The van der Waals surface area contributed by atoms with Crippen molar-refractivity contribution in [3.8, 4) is 5.75 Å². The van der Waals surface area contributed by atoms with Gasteiger partial charge < -0.3 is 20.3 Å². The molecule has 1 aliphatic rings. The molecule has 1 heterocycles. The standard InChI is InChI=1S/C21H25N3O3/c1-14(2)15-4-6-16(7-5-15)22-21(26)23-17-12-20(25)24(13-17)18-8-10-19(27-3)11-9-18/h4-11,14,17H,12-13H2,1-3H3,(H2,22,23,26)/t17-/m1/s1. The molecular weight excluding hydrogens is 342 g/mol. The molecule has 3 amide bonds. The quantitative estimate of drug-likeness (QED) is 0.846. The number of amides is 3. The van der Waals surface area contributed by atoms with Crippen LogP contribution >= 0.6 is 0 Å². The van der Waals surface area contributed by atoms with Crippen LogP contribution in [0.4, 0.5) is 16.2 Å². The van der Waals surface area contributed by atoms with Crippen molar-refractivity contribution < 1.29 is 14.3 Å². The summed E-state index contributed by atoms with van der Waals surface area (Å²) in [6.45, 7) is 4.70. The van der Waals surface area contributed by atoms with E-state index >= 15 is 0 Å². The monoisotopic (exact) mass is 367 g/mol. The smallest absolute Gasteiger partial charge is 0.319 e. The zero-order valence-electron chi connectivity index (χ0n) is 15.9. The molecule has 27 heavy (non-hydrogen) atoms. The molecule has 6 heteroatoms. The van der Waals surface area contributed by atoms with Crippen molar-refractivity contribution >= 4 is 23.3 Å². The Kier molecular flexibility index (Phi) is 5.64. The first-order chi connectivity index (χ1) is 13.0. The van der Waals surface area contributed by atoms with E-state index < -0.39 is 0 Å². The second-order valence-corrected chi connectivity index (χ2v) is 6.98. The highest BCUT2D eigenvalue weighted by atomic mass is 16.5. The lowest BCUT2D eigenvalue weighted by Gasteiger charge is -2.18. The van der Waals surface area contributed by atoms with Gasteiger partial charge >= 0.3 is 6.03 Å². The molecule has 1 atom stereocenters. The van der Waals surface area contributed by atoms with Crippen LogP contribution in [-0.2, 0) is 4.79 Å². The number of carbonyl (C=O) groups excluding carboxylic acids is 2. The van der Waals surface area contributed by atoms with Crippen LogP contribution in [0.1, 0.15) is 31.7 Å². The van der Waals surface area contributed by atoms with Crippen LogP contribution in [0.15, 0.2) is 48.5 Å². The van der Waals surface area contributed by atoms with E-state index in [0.29, 0.717) is 12.5 Å². The van der Waals surface area contributed by atoms with Crippen LogP contribution in [0.2, 0.25) is 0 Å². The SMILES string of the molecule is COc1ccc(N2C[C@H](NC(=O)Nc3ccc(C(C)C)cc3)CC2=O)cc1. The van der Waals surface area contributed by atoms with Gasteiger partial charge in [-0.2, -0.15) is 0 Å². The molecule has 6 nitrogen and oxygen atoms in total. The summed E-state index contributed by atoms with van der Waals surface area (Å²) in [7, 11) is 1.60. The molecule has 1 saturated heterocycles. The van der Waals surface area contributed by atoms with E-state index in [2.05, 4.69) is 24.5 Å². The first-order valence-corrected chi connectivity index (χ1v) is 9.08. The first kappa shape index (κ1) is 18.8. The van der Waals surface area contributed by atoms with Crippen molar-refractivity contribution in [3.63, 3.8) is 0 Å². The van der Waals surface area contributed by atoms with Gasteiger partial charge in [-0.05, 0) is 47.9 Å². The fourth-order valence-electron chi connectivity index (χ4n) is 3.12. The molecule has 0 saturated carbocycles. The maximum atomic E-state index is 12.3. The third-order valence-corrected chi connectivity index (χ3v) is 4.68. The third-order valence-electron chi connectivity index (χ3n) is 4.68. The Morgan fingerprint density at radius 1 is 1.11 bits per heavy atom. The van der Waals surface area contributed by atoms with Crippen molar-refractivity contribution in [2.75, 3.05) is 23.9 Å². The van der Waals surface area contributed by atoms with Crippen LogP contribution in [-0.4, -0.2) is 31.6 Å². The zero-order valence-corrected chi connectivity index (χ0v) is 15.9. The van der Waals surface area contributed by atoms with Crippen molar-refractivity contribution in [1.82, 2.24) is 5.32 Å². The summed E-state index contributed by atoms with van der Waals surface area (Å²) < 4.78 is 5.14. The van der Waals surface area contributed by atoms with Crippen LogP contribution in [0.3, 0.4) is 0 Å². The minimum Gasteiger partial charge on any atom is -0.497 e. The molecular formula is C21H25N3O3. The number of hydrogen-bond donors (Lipinski definition) is 2. The summed E-state index contributed by atoms with van der Waals surface area (Å²) in [4.78, 5) is 26.2. The average Bonchev–Trinajstić information content (AvgIpc) is 3.02. The van der Waals surface area contributed by atoms with E-state index in [9.17, 15) is 9.59 Å². The first-order valence-electron chi connectivity index (χ1n) is 9.08. The van der Waals surface area contributed by atoms with E-state index in [1.807, 2.05) is 48.5 Å². The van der Waals surface area contributed by atoms with Gasteiger partial charge in [0, 0.05) is 24.3 Å². The molecule has 0 bridgehead atoms. The number of urea groups is 1. The van der Waals surface area contributed by atoms with Gasteiger partial charge in [0.15, 0.2) is 0 Å². The Morgan fingerprint density at radius 2 is 1.78 bits per heavy atom. The van der Waals surface area contributed by atoms with E-state index in [1.54, 1.807) is 12.0 Å². The number of benzene rings is 2. The molecule has 0 aromatic heterocycles. The highest BCUT2D eigenvalue weighted by Crippen LogP contribution is 2.24. The normalized spacial score (nSPS) is 16.5. The Morgan fingerprint density at radius 3 is 2.37 bits per heavy atom. The molecule has 0 radical (unpaired) electrons. The van der Waals surface area contributed by atoms with Crippen LogP contribution in [0.25, 0.3) is 0 Å². The lowest BCUT2D eigenvalue weighted by atomic mass is 10.0. The predicted molar refractivity (Wildman–Crippen MR) is 106 cm³/mol. The Labute approximate surface area is 159 Å². The summed E-state index contributed by atoms with van der Waals surface area (Å²) in [6.07, 6.45) is 0.283. The number of hydrogen-bond acceptors (Lipinski definition) is 3. The fourth-order valence-corrected chi connectivity index (χ4v) is 3.12. The molecule has 0 spiro atoms. The van der Waals surface area contributed by atoms with Crippen LogP contribution < -0.4 is 20.3 Å². The summed E-state index contributed by atoms with van der Waals surface area (Å²) >= 11 is 0. The molecule has 142 valence electrons. The molecule has 2 aromatic carbocycles. The highest BCUT2D eigenvalue weighted by molar-refractivity contribution is 5.97. The highest BCUT2D eigenvalue weighted by Gasteiger charge is 2.31. The molecule has 2 aromatic rings. The zero-order chi connectivity index (χ0) is 19.4. The molecule has 1 aliphatic heterocycles. The molecule has 3 rings (SSSR count). The van der Waals surface area contributed by atoms with Gasteiger partial charge in [-0.25, -0.2) is 4.79 Å². The van der Waals surface area contributed by atoms with Crippen molar-refractivity contribution in [1.29, 1.82) is 0 Å². The molecule has 1 fully saturated rings. The Balaban J connectivity index is 1.56. The Hall–Kier alpha value is -3.02. The molecule has 0 aliphatic carbocycles. The van der Waals surface area contributed by atoms with Gasteiger partial charge in [0.05, 0.1) is 13.2 Å². The summed E-state index contributed by atoms with van der Waals surface area (Å²) in [5, 5.41) is 5.70. The van der Waals surface area contributed by atoms with Crippen molar-refractivity contribution in [2.24, 2.45) is 0 Å². The van der Waals surface area contributed by atoms with Crippen molar-refractivity contribution in [2.45, 2.75) is 32.2 Å². The minimum atomic E-state index is -0.304. The van der Waals surface area contributed by atoms with Gasteiger partial charge in [0.25, 0.3) is 0 Å². The second kappa shape index (κ2) is 8.12.